The Bertz CT molecular complexity index is 1450. The van der Waals surface area contributed by atoms with Gasteiger partial charge < -0.3 is 24.2 Å². The number of aromatic nitrogens is 1. The SMILES string of the molecule is C=CCOc1ccc([C@H]2/C(=C(\O)c3ccc4c(c3)C[C@H](C)O4)C(=O)C(=O)N2Cc2ccncc2)cc1OCC. The van der Waals surface area contributed by atoms with Crippen LogP contribution in [-0.2, 0) is 22.6 Å². The summed E-state index contributed by atoms with van der Waals surface area (Å²) in [5.74, 6) is 0.0606. The van der Waals surface area contributed by atoms with Crippen LogP contribution in [0.1, 0.15) is 42.1 Å². The molecule has 2 aliphatic rings. The number of nitrogens with zero attached hydrogens (tertiary/aromatic N) is 2. The summed E-state index contributed by atoms with van der Waals surface area (Å²) in [6.07, 6.45) is 5.62. The number of Topliss-reactive ketones (excluding diaryl/α,β-unsaturated/α-hetero) is 1. The maximum Gasteiger partial charge on any atom is 0.295 e. The predicted octanol–water partition coefficient (Wildman–Crippen LogP) is 4.99. The Morgan fingerprint density at radius 3 is 2.67 bits per heavy atom. The number of ether oxygens (including phenoxy) is 3. The van der Waals surface area contributed by atoms with Gasteiger partial charge in [0.15, 0.2) is 11.5 Å². The van der Waals surface area contributed by atoms with Crippen LogP contribution in [0.15, 0.2) is 79.2 Å². The summed E-state index contributed by atoms with van der Waals surface area (Å²) in [5, 5.41) is 11.5. The molecule has 8 nitrogen and oxygen atoms in total. The molecule has 0 saturated carbocycles. The highest BCUT2D eigenvalue weighted by atomic mass is 16.5. The highest BCUT2D eigenvalue weighted by molar-refractivity contribution is 6.46. The summed E-state index contributed by atoms with van der Waals surface area (Å²) in [7, 11) is 0. The first-order valence-corrected chi connectivity index (χ1v) is 12.9. The molecule has 2 aliphatic heterocycles. The summed E-state index contributed by atoms with van der Waals surface area (Å²) in [6.45, 7) is 8.36. The molecule has 3 aromatic rings. The zero-order chi connectivity index (χ0) is 27.5. The van der Waals surface area contributed by atoms with Gasteiger partial charge in [0, 0.05) is 30.9 Å². The second-order valence-corrected chi connectivity index (χ2v) is 9.48. The first kappa shape index (κ1) is 26.0. The van der Waals surface area contributed by atoms with Crippen LogP contribution in [0.3, 0.4) is 0 Å². The van der Waals surface area contributed by atoms with E-state index >= 15 is 0 Å². The molecule has 0 spiro atoms. The molecule has 1 aromatic heterocycles. The van der Waals surface area contributed by atoms with Gasteiger partial charge in [0.2, 0.25) is 0 Å². The third kappa shape index (κ3) is 5.10. The smallest absolute Gasteiger partial charge is 0.295 e. The Morgan fingerprint density at radius 1 is 1.13 bits per heavy atom. The van der Waals surface area contributed by atoms with Crippen LogP contribution in [0, 0.1) is 0 Å². The number of rotatable bonds is 9. The fourth-order valence-electron chi connectivity index (χ4n) is 5.03. The van der Waals surface area contributed by atoms with Crippen molar-refractivity contribution in [3.8, 4) is 17.2 Å². The fourth-order valence-corrected chi connectivity index (χ4v) is 5.03. The number of aliphatic hydroxyl groups is 1. The number of pyridine rings is 1. The Hall–Kier alpha value is -4.59. The number of carbonyl (C=O) groups is 2. The average Bonchev–Trinajstić information content (AvgIpc) is 3.43. The molecule has 0 aliphatic carbocycles. The maximum absolute atomic E-state index is 13.5. The van der Waals surface area contributed by atoms with Crippen LogP contribution in [-0.4, -0.2) is 46.0 Å². The van der Waals surface area contributed by atoms with Gasteiger partial charge in [0.05, 0.1) is 18.2 Å². The van der Waals surface area contributed by atoms with Crippen LogP contribution in [0.5, 0.6) is 17.2 Å². The van der Waals surface area contributed by atoms with Crippen LogP contribution in [0.4, 0.5) is 0 Å². The Kier molecular flexibility index (Phi) is 7.36. The van der Waals surface area contributed by atoms with E-state index in [-0.39, 0.29) is 24.0 Å². The molecule has 1 fully saturated rings. The number of aliphatic hydroxyl groups excluding tert-OH is 1. The van der Waals surface area contributed by atoms with E-state index in [0.29, 0.717) is 42.3 Å². The minimum atomic E-state index is -0.853. The molecular formula is C31H30N2O6. The molecule has 0 bridgehead atoms. The van der Waals surface area contributed by atoms with Crippen molar-refractivity contribution in [2.24, 2.45) is 0 Å². The maximum atomic E-state index is 13.5. The summed E-state index contributed by atoms with van der Waals surface area (Å²) in [5.41, 5.74) is 2.82. The Balaban J connectivity index is 1.64. The average molecular weight is 527 g/mol. The number of ketones is 1. The normalized spacial score (nSPS) is 19.5. The number of fused-ring (bicyclic) bond motifs is 1. The largest absolute Gasteiger partial charge is 0.507 e. The summed E-state index contributed by atoms with van der Waals surface area (Å²) < 4.78 is 17.4. The van der Waals surface area contributed by atoms with Crippen molar-refractivity contribution in [3.05, 3.63) is 101 Å². The Morgan fingerprint density at radius 2 is 1.92 bits per heavy atom. The number of hydrogen-bond donors (Lipinski definition) is 1. The van der Waals surface area contributed by atoms with Crippen LogP contribution in [0.25, 0.3) is 5.76 Å². The molecule has 1 saturated heterocycles. The van der Waals surface area contributed by atoms with Crippen molar-refractivity contribution in [2.45, 2.75) is 39.0 Å². The van der Waals surface area contributed by atoms with E-state index in [1.807, 2.05) is 19.9 Å². The quantitative estimate of drug-likeness (QED) is 0.182. The zero-order valence-electron chi connectivity index (χ0n) is 21.9. The minimum absolute atomic E-state index is 0.0168. The van der Waals surface area contributed by atoms with E-state index in [4.69, 9.17) is 14.2 Å². The van der Waals surface area contributed by atoms with Gasteiger partial charge in [-0.05, 0) is 73.0 Å². The van der Waals surface area contributed by atoms with Gasteiger partial charge in [0.1, 0.15) is 24.2 Å². The summed E-state index contributed by atoms with van der Waals surface area (Å²) in [6, 6.07) is 13.3. The van der Waals surface area contributed by atoms with Crippen molar-refractivity contribution >= 4 is 17.4 Å². The molecule has 1 N–H and O–H groups in total. The molecule has 2 aromatic carbocycles. The van der Waals surface area contributed by atoms with Crippen molar-refractivity contribution < 1.29 is 28.9 Å². The molecule has 5 rings (SSSR count). The van der Waals surface area contributed by atoms with Gasteiger partial charge in [0.25, 0.3) is 11.7 Å². The number of likely N-dealkylation sites (tertiary alicyclic amines) is 1. The lowest BCUT2D eigenvalue weighted by Gasteiger charge is -2.26. The van der Waals surface area contributed by atoms with E-state index in [0.717, 1.165) is 16.9 Å². The molecule has 39 heavy (non-hydrogen) atoms. The molecule has 3 heterocycles. The zero-order valence-corrected chi connectivity index (χ0v) is 21.9. The van der Waals surface area contributed by atoms with Crippen LogP contribution < -0.4 is 14.2 Å². The Labute approximate surface area is 227 Å². The topological polar surface area (TPSA) is 98.2 Å². The monoisotopic (exact) mass is 526 g/mol. The van der Waals surface area contributed by atoms with E-state index in [9.17, 15) is 14.7 Å². The third-order valence-corrected chi connectivity index (χ3v) is 6.75. The minimum Gasteiger partial charge on any atom is -0.507 e. The highest BCUT2D eigenvalue weighted by Crippen LogP contribution is 2.43. The predicted molar refractivity (Wildman–Crippen MR) is 146 cm³/mol. The van der Waals surface area contributed by atoms with Gasteiger partial charge in [-0.1, -0.05) is 18.7 Å². The number of amides is 1. The summed E-state index contributed by atoms with van der Waals surface area (Å²) in [4.78, 5) is 32.4. The van der Waals surface area contributed by atoms with Crippen LogP contribution in [0.2, 0.25) is 0 Å². The van der Waals surface area contributed by atoms with Crippen molar-refractivity contribution in [2.75, 3.05) is 13.2 Å². The van der Waals surface area contributed by atoms with Crippen LogP contribution >= 0.6 is 0 Å². The van der Waals surface area contributed by atoms with Gasteiger partial charge in [-0.2, -0.15) is 0 Å². The first-order chi connectivity index (χ1) is 18.9. The lowest BCUT2D eigenvalue weighted by Crippen LogP contribution is -2.29. The van der Waals surface area contributed by atoms with E-state index < -0.39 is 17.7 Å². The highest BCUT2D eigenvalue weighted by Gasteiger charge is 2.46. The molecular weight excluding hydrogens is 496 g/mol. The lowest BCUT2D eigenvalue weighted by molar-refractivity contribution is -0.140. The third-order valence-electron chi connectivity index (χ3n) is 6.75. The molecule has 2 atom stereocenters. The second kappa shape index (κ2) is 11.0. The fraction of sp³-hybridized carbons (Fsp3) is 0.258. The van der Waals surface area contributed by atoms with Gasteiger partial charge in [-0.25, -0.2) is 0 Å². The summed E-state index contributed by atoms with van der Waals surface area (Å²) >= 11 is 0. The van der Waals surface area contributed by atoms with Gasteiger partial charge in [-0.3, -0.25) is 14.6 Å². The molecule has 0 unspecified atom stereocenters. The standard InChI is InChI=1S/C31H30N2O6/c1-4-14-38-25-9-6-21(17-26(25)37-5-2)28-27(29(34)22-7-8-24-23(16-22)15-19(3)39-24)30(35)31(36)33(28)18-20-10-12-32-13-11-20/h4,6-13,16-17,19,28,34H,1,5,14-15,18H2,2-3H3/b29-27+/t19-,28-/m0/s1. The first-order valence-electron chi connectivity index (χ1n) is 12.9. The number of hydrogen-bond acceptors (Lipinski definition) is 7. The lowest BCUT2D eigenvalue weighted by atomic mass is 9.94. The van der Waals surface area contributed by atoms with Crippen molar-refractivity contribution in [3.63, 3.8) is 0 Å². The molecule has 8 heteroatoms. The molecule has 0 radical (unpaired) electrons. The van der Waals surface area contributed by atoms with E-state index in [1.165, 1.54) is 4.90 Å². The van der Waals surface area contributed by atoms with E-state index in [2.05, 4.69) is 11.6 Å². The molecule has 200 valence electrons. The molecule has 1 amide bonds. The number of benzene rings is 2. The van der Waals surface area contributed by atoms with Gasteiger partial charge in [-0.15, -0.1) is 0 Å². The van der Waals surface area contributed by atoms with E-state index in [1.54, 1.807) is 60.9 Å². The van der Waals surface area contributed by atoms with Crippen molar-refractivity contribution in [1.82, 2.24) is 9.88 Å². The number of carbonyl (C=O) groups excluding carboxylic acids is 2. The van der Waals surface area contributed by atoms with Gasteiger partial charge >= 0.3 is 0 Å². The van der Waals surface area contributed by atoms with Crippen molar-refractivity contribution in [1.29, 1.82) is 0 Å². The second-order valence-electron chi connectivity index (χ2n) is 9.48.